The number of aliphatic imine (C=N–C) groups is 1. The number of hydrogen-bond acceptors (Lipinski definition) is 3. The van der Waals surface area contributed by atoms with Crippen LogP contribution in [0.5, 0.6) is 0 Å². The Morgan fingerprint density at radius 3 is 2.88 bits per heavy atom. The van der Waals surface area contributed by atoms with E-state index in [-0.39, 0.29) is 0 Å². The lowest BCUT2D eigenvalue weighted by atomic mass is 10.0. The van der Waals surface area contributed by atoms with E-state index < -0.39 is 0 Å². The van der Waals surface area contributed by atoms with Crippen LogP contribution in [-0.4, -0.2) is 19.0 Å². The zero-order chi connectivity index (χ0) is 12.0. The van der Waals surface area contributed by atoms with Crippen molar-refractivity contribution in [3.8, 4) is 0 Å². The van der Waals surface area contributed by atoms with E-state index >= 15 is 0 Å². The molecule has 2 N–H and O–H groups in total. The van der Waals surface area contributed by atoms with E-state index in [1.807, 2.05) is 6.92 Å². The molecule has 0 radical (unpaired) electrons. The SMILES string of the molecule is CCN=C/C(=C\N)c1cc(Cl)ccc1C=O. The number of allylic oxidation sites excluding steroid dienone is 1. The molecule has 0 amide bonds. The summed E-state index contributed by atoms with van der Waals surface area (Å²) in [5.74, 6) is 0. The van der Waals surface area contributed by atoms with E-state index in [1.54, 1.807) is 24.4 Å². The minimum absolute atomic E-state index is 0.545. The highest BCUT2D eigenvalue weighted by atomic mass is 35.5. The number of nitrogens with zero attached hydrogens (tertiary/aromatic N) is 1. The molecule has 84 valence electrons. The van der Waals surface area contributed by atoms with Gasteiger partial charge >= 0.3 is 0 Å². The molecule has 0 unspecified atom stereocenters. The van der Waals surface area contributed by atoms with Gasteiger partial charge < -0.3 is 5.73 Å². The Labute approximate surface area is 99.6 Å². The molecule has 0 saturated heterocycles. The molecule has 3 nitrogen and oxygen atoms in total. The lowest BCUT2D eigenvalue weighted by Gasteiger charge is -2.05. The number of halogens is 1. The summed E-state index contributed by atoms with van der Waals surface area (Å²) < 4.78 is 0. The summed E-state index contributed by atoms with van der Waals surface area (Å²) in [6.07, 6.45) is 3.82. The largest absolute Gasteiger partial charge is 0.404 e. The Morgan fingerprint density at radius 1 is 1.56 bits per heavy atom. The van der Waals surface area contributed by atoms with Gasteiger partial charge in [0.1, 0.15) is 0 Å². The smallest absolute Gasteiger partial charge is 0.150 e. The topological polar surface area (TPSA) is 55.4 Å². The fourth-order valence-electron chi connectivity index (χ4n) is 1.27. The molecule has 0 spiro atoms. The third kappa shape index (κ3) is 2.94. The molecular weight excluding hydrogens is 224 g/mol. The molecule has 0 aliphatic carbocycles. The lowest BCUT2D eigenvalue weighted by molar-refractivity contribution is 0.112. The second kappa shape index (κ2) is 6.08. The molecule has 1 aromatic rings. The average Bonchev–Trinajstić information content (AvgIpc) is 2.30. The predicted molar refractivity (Wildman–Crippen MR) is 68.0 cm³/mol. The van der Waals surface area contributed by atoms with Crippen molar-refractivity contribution >= 4 is 29.7 Å². The average molecular weight is 237 g/mol. The van der Waals surface area contributed by atoms with Gasteiger partial charge in [-0.2, -0.15) is 0 Å². The van der Waals surface area contributed by atoms with E-state index in [1.165, 1.54) is 6.20 Å². The summed E-state index contributed by atoms with van der Waals surface area (Å²) in [6, 6.07) is 5.03. The van der Waals surface area contributed by atoms with Gasteiger partial charge in [0.15, 0.2) is 6.29 Å². The van der Waals surface area contributed by atoms with E-state index in [2.05, 4.69) is 4.99 Å². The van der Waals surface area contributed by atoms with Gasteiger partial charge in [-0.25, -0.2) is 0 Å². The minimum Gasteiger partial charge on any atom is -0.404 e. The van der Waals surface area contributed by atoms with Crippen molar-refractivity contribution in [3.05, 3.63) is 40.5 Å². The molecule has 16 heavy (non-hydrogen) atoms. The van der Waals surface area contributed by atoms with Crippen LogP contribution in [0.2, 0.25) is 5.02 Å². The number of aldehydes is 1. The number of rotatable bonds is 4. The van der Waals surface area contributed by atoms with Crippen LogP contribution in [0, 0.1) is 0 Å². The van der Waals surface area contributed by atoms with E-state index in [9.17, 15) is 4.79 Å². The summed E-state index contributed by atoms with van der Waals surface area (Å²) in [7, 11) is 0. The normalized spacial score (nSPS) is 12.0. The molecule has 4 heteroatoms. The summed E-state index contributed by atoms with van der Waals surface area (Å²) in [4.78, 5) is 15.0. The highest BCUT2D eigenvalue weighted by Gasteiger charge is 2.06. The van der Waals surface area contributed by atoms with Crippen LogP contribution in [0.15, 0.2) is 29.4 Å². The Kier molecular flexibility index (Phi) is 4.73. The molecule has 1 rings (SSSR count). The van der Waals surface area contributed by atoms with Crippen molar-refractivity contribution in [1.29, 1.82) is 0 Å². The quantitative estimate of drug-likeness (QED) is 0.645. The molecule has 0 fully saturated rings. The fourth-order valence-corrected chi connectivity index (χ4v) is 1.45. The Bertz CT molecular complexity index is 439. The first-order chi connectivity index (χ1) is 7.72. The van der Waals surface area contributed by atoms with Crippen LogP contribution in [0.4, 0.5) is 0 Å². The number of carbonyl (C=O) groups is 1. The second-order valence-corrected chi connectivity index (χ2v) is 3.54. The molecule has 0 aromatic heterocycles. The Hall–Kier alpha value is -1.61. The number of benzene rings is 1. The number of hydrogen-bond donors (Lipinski definition) is 1. The van der Waals surface area contributed by atoms with Gasteiger partial charge in [-0.1, -0.05) is 11.6 Å². The molecule has 0 bridgehead atoms. The highest BCUT2D eigenvalue weighted by Crippen LogP contribution is 2.20. The van der Waals surface area contributed by atoms with Crippen LogP contribution in [0.3, 0.4) is 0 Å². The van der Waals surface area contributed by atoms with Gasteiger partial charge in [-0.3, -0.25) is 9.79 Å². The number of carbonyl (C=O) groups excluding carboxylic acids is 1. The molecule has 0 saturated carbocycles. The lowest BCUT2D eigenvalue weighted by Crippen LogP contribution is -1.97. The third-order valence-corrected chi connectivity index (χ3v) is 2.28. The van der Waals surface area contributed by atoms with Gasteiger partial charge in [0.05, 0.1) is 0 Å². The first-order valence-corrected chi connectivity index (χ1v) is 5.27. The van der Waals surface area contributed by atoms with E-state index in [4.69, 9.17) is 17.3 Å². The first kappa shape index (κ1) is 12.5. The maximum atomic E-state index is 10.9. The molecular formula is C12H13ClN2O. The molecule has 0 aliphatic heterocycles. The second-order valence-electron chi connectivity index (χ2n) is 3.10. The van der Waals surface area contributed by atoms with Crippen LogP contribution in [-0.2, 0) is 0 Å². The molecule has 0 atom stereocenters. The van der Waals surface area contributed by atoms with Crippen LogP contribution < -0.4 is 5.73 Å². The highest BCUT2D eigenvalue weighted by molar-refractivity contribution is 6.31. The van der Waals surface area contributed by atoms with Crippen molar-refractivity contribution in [2.75, 3.05) is 6.54 Å². The standard InChI is InChI=1S/C12H13ClN2O/c1-2-15-7-10(6-14)12-5-11(13)4-3-9(12)8-16/h3-8H,2,14H2,1H3/b10-6+,15-7?. The zero-order valence-electron chi connectivity index (χ0n) is 8.98. The predicted octanol–water partition coefficient (Wildman–Crippen LogP) is 2.54. The zero-order valence-corrected chi connectivity index (χ0v) is 9.74. The molecule has 1 aromatic carbocycles. The maximum Gasteiger partial charge on any atom is 0.150 e. The van der Waals surface area contributed by atoms with Crippen LogP contribution >= 0.6 is 11.6 Å². The Morgan fingerprint density at radius 2 is 2.31 bits per heavy atom. The van der Waals surface area contributed by atoms with Crippen molar-refractivity contribution in [1.82, 2.24) is 0 Å². The fraction of sp³-hybridized carbons (Fsp3) is 0.167. The van der Waals surface area contributed by atoms with E-state index in [0.29, 0.717) is 28.3 Å². The van der Waals surface area contributed by atoms with Gasteiger partial charge in [-0.15, -0.1) is 0 Å². The molecule has 0 aliphatic rings. The van der Waals surface area contributed by atoms with Crippen molar-refractivity contribution in [3.63, 3.8) is 0 Å². The maximum absolute atomic E-state index is 10.9. The van der Waals surface area contributed by atoms with Crippen molar-refractivity contribution in [2.45, 2.75) is 6.92 Å². The monoisotopic (exact) mass is 236 g/mol. The van der Waals surface area contributed by atoms with Gasteiger partial charge in [-0.05, 0) is 30.7 Å². The van der Waals surface area contributed by atoms with Crippen LogP contribution in [0.25, 0.3) is 5.57 Å². The number of nitrogens with two attached hydrogens (primary N) is 1. The van der Waals surface area contributed by atoms with Gasteiger partial charge in [0, 0.05) is 35.1 Å². The van der Waals surface area contributed by atoms with Crippen LogP contribution in [0.1, 0.15) is 22.8 Å². The minimum atomic E-state index is 0.545. The summed E-state index contributed by atoms with van der Waals surface area (Å²) in [5.41, 5.74) is 7.43. The Balaban J connectivity index is 3.23. The van der Waals surface area contributed by atoms with E-state index in [0.717, 1.165) is 6.29 Å². The summed E-state index contributed by atoms with van der Waals surface area (Å²) >= 11 is 5.88. The summed E-state index contributed by atoms with van der Waals surface area (Å²) in [6.45, 7) is 2.58. The summed E-state index contributed by atoms with van der Waals surface area (Å²) in [5, 5.41) is 0.560. The van der Waals surface area contributed by atoms with Crippen molar-refractivity contribution in [2.24, 2.45) is 10.7 Å². The van der Waals surface area contributed by atoms with Crippen molar-refractivity contribution < 1.29 is 4.79 Å². The van der Waals surface area contributed by atoms with Gasteiger partial charge in [0.25, 0.3) is 0 Å². The third-order valence-electron chi connectivity index (χ3n) is 2.05. The first-order valence-electron chi connectivity index (χ1n) is 4.89. The van der Waals surface area contributed by atoms with Gasteiger partial charge in [0.2, 0.25) is 0 Å². The molecule has 0 heterocycles.